The van der Waals surface area contributed by atoms with Crippen molar-refractivity contribution in [3.63, 3.8) is 0 Å². The number of aryl methyl sites for hydroxylation is 1. The monoisotopic (exact) mass is 321 g/mol. The second-order valence-electron chi connectivity index (χ2n) is 6.57. The van der Waals surface area contributed by atoms with Gasteiger partial charge in [-0.25, -0.2) is 0 Å². The number of benzene rings is 1. The Bertz CT molecular complexity index is 884. The first-order valence-electron chi connectivity index (χ1n) is 8.28. The van der Waals surface area contributed by atoms with E-state index in [1.54, 1.807) is 6.20 Å². The third-order valence-electron chi connectivity index (χ3n) is 4.29. The van der Waals surface area contributed by atoms with Gasteiger partial charge in [0.15, 0.2) is 0 Å². The van der Waals surface area contributed by atoms with E-state index in [-0.39, 0.29) is 5.56 Å². The van der Waals surface area contributed by atoms with Crippen LogP contribution in [0.2, 0.25) is 0 Å². The summed E-state index contributed by atoms with van der Waals surface area (Å²) in [4.78, 5) is 21.9. The summed E-state index contributed by atoms with van der Waals surface area (Å²) in [5, 5.41) is 1.07. The molecule has 0 spiro atoms. The summed E-state index contributed by atoms with van der Waals surface area (Å²) in [7, 11) is 0. The molecular weight excluding hydrogens is 298 g/mol. The van der Waals surface area contributed by atoms with Gasteiger partial charge in [-0.3, -0.25) is 14.7 Å². The van der Waals surface area contributed by atoms with Gasteiger partial charge in [0, 0.05) is 42.6 Å². The number of aromatic nitrogens is 2. The molecule has 1 aromatic carbocycles. The van der Waals surface area contributed by atoms with Crippen molar-refractivity contribution in [3.05, 3.63) is 75.8 Å². The molecule has 124 valence electrons. The molecule has 2 heterocycles. The Balaban J connectivity index is 1.89. The molecular formula is C20H23N3O. The first-order chi connectivity index (χ1) is 11.5. The van der Waals surface area contributed by atoms with Gasteiger partial charge in [-0.2, -0.15) is 0 Å². The summed E-state index contributed by atoms with van der Waals surface area (Å²) >= 11 is 0. The molecule has 3 aromatic rings. The average Bonchev–Trinajstić information content (AvgIpc) is 2.56. The van der Waals surface area contributed by atoms with Gasteiger partial charge in [-0.05, 0) is 55.5 Å². The Labute approximate surface area is 142 Å². The van der Waals surface area contributed by atoms with Gasteiger partial charge in [0.25, 0.3) is 5.56 Å². The van der Waals surface area contributed by atoms with Crippen molar-refractivity contribution in [2.24, 2.45) is 0 Å². The van der Waals surface area contributed by atoms with Crippen LogP contribution in [0.4, 0.5) is 0 Å². The normalized spacial score (nSPS) is 11.5. The zero-order valence-electron chi connectivity index (χ0n) is 14.4. The molecule has 0 aliphatic rings. The van der Waals surface area contributed by atoms with Gasteiger partial charge >= 0.3 is 0 Å². The Morgan fingerprint density at radius 2 is 2.00 bits per heavy atom. The maximum atomic E-state index is 12.5. The fourth-order valence-electron chi connectivity index (χ4n) is 2.84. The van der Waals surface area contributed by atoms with Gasteiger partial charge in [-0.1, -0.05) is 18.2 Å². The topological polar surface area (TPSA) is 49.0 Å². The molecule has 1 N–H and O–H groups in total. The van der Waals surface area contributed by atoms with Crippen LogP contribution in [-0.4, -0.2) is 20.9 Å². The number of fused-ring (bicyclic) bond motifs is 1. The SMILES string of the molecule is Cc1ccc2cc(CN(Cc3cccnc3)C(C)C)c(=O)[nH]c2c1. The predicted molar refractivity (Wildman–Crippen MR) is 97.9 cm³/mol. The lowest BCUT2D eigenvalue weighted by molar-refractivity contribution is 0.203. The molecule has 24 heavy (non-hydrogen) atoms. The minimum atomic E-state index is -0.00932. The van der Waals surface area contributed by atoms with Crippen LogP contribution in [0.5, 0.6) is 0 Å². The van der Waals surface area contributed by atoms with Crippen LogP contribution < -0.4 is 5.56 Å². The van der Waals surface area contributed by atoms with E-state index in [9.17, 15) is 4.79 Å². The predicted octanol–water partition coefficient (Wildman–Crippen LogP) is 3.64. The van der Waals surface area contributed by atoms with Crippen molar-refractivity contribution in [2.75, 3.05) is 0 Å². The van der Waals surface area contributed by atoms with E-state index >= 15 is 0 Å². The maximum absolute atomic E-state index is 12.5. The van der Waals surface area contributed by atoms with Crippen molar-refractivity contribution in [1.82, 2.24) is 14.9 Å². The zero-order valence-corrected chi connectivity index (χ0v) is 14.4. The van der Waals surface area contributed by atoms with E-state index < -0.39 is 0 Å². The van der Waals surface area contributed by atoms with Crippen molar-refractivity contribution in [1.29, 1.82) is 0 Å². The third kappa shape index (κ3) is 3.71. The van der Waals surface area contributed by atoms with Gasteiger partial charge in [0.1, 0.15) is 0 Å². The number of H-pyrrole nitrogens is 1. The van der Waals surface area contributed by atoms with Crippen LogP contribution in [0.3, 0.4) is 0 Å². The van der Waals surface area contributed by atoms with E-state index in [2.05, 4.69) is 46.9 Å². The number of aromatic amines is 1. The maximum Gasteiger partial charge on any atom is 0.252 e. The Hall–Kier alpha value is -2.46. The lowest BCUT2D eigenvalue weighted by Gasteiger charge is -2.26. The summed E-state index contributed by atoms with van der Waals surface area (Å²) in [6.45, 7) is 7.71. The Morgan fingerprint density at radius 3 is 2.71 bits per heavy atom. The second-order valence-corrected chi connectivity index (χ2v) is 6.57. The minimum absolute atomic E-state index is 0.00932. The number of hydrogen-bond acceptors (Lipinski definition) is 3. The largest absolute Gasteiger partial charge is 0.322 e. The average molecular weight is 321 g/mol. The quantitative estimate of drug-likeness (QED) is 0.780. The van der Waals surface area contributed by atoms with Gasteiger partial charge < -0.3 is 4.98 Å². The summed E-state index contributed by atoms with van der Waals surface area (Å²) in [6.07, 6.45) is 3.65. The van der Waals surface area contributed by atoms with Crippen LogP contribution in [0.1, 0.15) is 30.5 Å². The van der Waals surface area contributed by atoms with Crippen molar-refractivity contribution in [3.8, 4) is 0 Å². The van der Waals surface area contributed by atoms with Crippen LogP contribution in [0.15, 0.2) is 53.6 Å². The fraction of sp³-hybridized carbons (Fsp3) is 0.300. The third-order valence-corrected chi connectivity index (χ3v) is 4.29. The summed E-state index contributed by atoms with van der Waals surface area (Å²) in [5.41, 5.74) is 3.98. The molecule has 0 aliphatic heterocycles. The molecule has 4 heteroatoms. The molecule has 0 aliphatic carbocycles. The van der Waals surface area contributed by atoms with Crippen molar-refractivity contribution < 1.29 is 0 Å². The van der Waals surface area contributed by atoms with Crippen LogP contribution in [0.25, 0.3) is 10.9 Å². The number of hydrogen-bond donors (Lipinski definition) is 1. The van der Waals surface area contributed by atoms with E-state index in [0.717, 1.165) is 34.1 Å². The van der Waals surface area contributed by atoms with E-state index in [1.807, 2.05) is 31.3 Å². The van der Waals surface area contributed by atoms with Gasteiger partial charge in [0.2, 0.25) is 0 Å². The van der Waals surface area contributed by atoms with Gasteiger partial charge in [0.05, 0.1) is 0 Å². The standard InChI is InChI=1S/C20H23N3O/c1-14(2)23(12-16-5-4-8-21-11-16)13-18-10-17-7-6-15(3)9-19(17)22-20(18)24/h4-11,14H,12-13H2,1-3H3,(H,22,24). The molecule has 3 rings (SSSR count). The van der Waals surface area contributed by atoms with Crippen LogP contribution >= 0.6 is 0 Å². The number of nitrogens with zero attached hydrogens (tertiary/aromatic N) is 2. The molecule has 2 aromatic heterocycles. The Morgan fingerprint density at radius 1 is 1.17 bits per heavy atom. The van der Waals surface area contributed by atoms with Crippen LogP contribution in [0, 0.1) is 6.92 Å². The second kappa shape index (κ2) is 6.97. The minimum Gasteiger partial charge on any atom is -0.322 e. The van der Waals surface area contributed by atoms with Crippen molar-refractivity contribution >= 4 is 10.9 Å². The number of rotatable bonds is 5. The molecule has 0 saturated carbocycles. The molecule has 0 saturated heterocycles. The smallest absolute Gasteiger partial charge is 0.252 e. The highest BCUT2D eigenvalue weighted by Crippen LogP contribution is 2.16. The van der Waals surface area contributed by atoms with E-state index in [0.29, 0.717) is 12.6 Å². The fourth-order valence-corrected chi connectivity index (χ4v) is 2.84. The van der Waals surface area contributed by atoms with E-state index in [4.69, 9.17) is 0 Å². The summed E-state index contributed by atoms with van der Waals surface area (Å²) in [6, 6.07) is 12.5. The molecule has 0 unspecified atom stereocenters. The first-order valence-corrected chi connectivity index (χ1v) is 8.28. The summed E-state index contributed by atoms with van der Waals surface area (Å²) < 4.78 is 0. The zero-order chi connectivity index (χ0) is 17.1. The lowest BCUT2D eigenvalue weighted by Crippen LogP contribution is -2.32. The van der Waals surface area contributed by atoms with E-state index in [1.165, 1.54) is 0 Å². The number of nitrogens with one attached hydrogen (secondary N) is 1. The highest BCUT2D eigenvalue weighted by Gasteiger charge is 2.14. The molecule has 0 atom stereocenters. The molecule has 4 nitrogen and oxygen atoms in total. The molecule has 0 fully saturated rings. The van der Waals surface area contributed by atoms with Gasteiger partial charge in [-0.15, -0.1) is 0 Å². The Kier molecular flexibility index (Phi) is 4.76. The highest BCUT2D eigenvalue weighted by atomic mass is 16.1. The van der Waals surface area contributed by atoms with Crippen molar-refractivity contribution in [2.45, 2.75) is 39.9 Å². The lowest BCUT2D eigenvalue weighted by atomic mass is 10.1. The number of pyridine rings is 2. The summed E-state index contributed by atoms with van der Waals surface area (Å²) in [5.74, 6) is 0. The molecule has 0 amide bonds. The first kappa shape index (κ1) is 16.4. The van der Waals surface area contributed by atoms with Crippen LogP contribution in [-0.2, 0) is 13.1 Å². The molecule has 0 radical (unpaired) electrons. The molecule has 0 bridgehead atoms. The highest BCUT2D eigenvalue weighted by molar-refractivity contribution is 5.79.